The van der Waals surface area contributed by atoms with Crippen LogP contribution in [0, 0.1) is 0 Å². The van der Waals surface area contributed by atoms with Crippen LogP contribution in [0.15, 0.2) is 0 Å². The first-order valence-electron chi connectivity index (χ1n) is 0.928. The summed E-state index contributed by atoms with van der Waals surface area (Å²) in [5, 5.41) is 7.42. The van der Waals surface area contributed by atoms with Crippen molar-refractivity contribution in [3.05, 3.63) is 0 Å². The van der Waals surface area contributed by atoms with Crippen LogP contribution in [0.2, 0.25) is 0 Å². The largest absolute Gasteiger partial charge is 0.481 e. The Morgan fingerprint density at radius 2 is 1.57 bits per heavy atom. The second kappa shape index (κ2) is 15.8. The van der Waals surface area contributed by atoms with Gasteiger partial charge in [-0.05, 0) is 0 Å². The molecule has 0 bridgehead atoms. The standard InChI is InChI=1S/C2H4O2.BrH.Co.Mn/c1-2(3)4;;;/h1H3,(H,3,4);1H;;. The predicted octanol–water partition coefficient (Wildman–Crippen LogP) is 0.664. The molecule has 1 N–H and O–H groups in total. The minimum absolute atomic E-state index is 0. The van der Waals surface area contributed by atoms with E-state index in [1.807, 2.05) is 0 Å². The van der Waals surface area contributed by atoms with Crippen LogP contribution in [0.1, 0.15) is 6.92 Å². The van der Waals surface area contributed by atoms with Crippen molar-refractivity contribution in [1.82, 2.24) is 0 Å². The van der Waals surface area contributed by atoms with Gasteiger partial charge in [-0.25, -0.2) is 0 Å². The van der Waals surface area contributed by atoms with Crippen molar-refractivity contribution >= 4 is 23.0 Å². The van der Waals surface area contributed by atoms with Gasteiger partial charge in [0.1, 0.15) is 0 Å². The summed E-state index contributed by atoms with van der Waals surface area (Å²) >= 11 is 0. The molecule has 0 saturated heterocycles. The summed E-state index contributed by atoms with van der Waals surface area (Å²) in [7, 11) is 0. The first-order valence-corrected chi connectivity index (χ1v) is 0.928. The summed E-state index contributed by atoms with van der Waals surface area (Å²) in [6.07, 6.45) is 0. The quantitative estimate of drug-likeness (QED) is 0.645. The number of rotatable bonds is 0. The van der Waals surface area contributed by atoms with Gasteiger partial charge in [-0.15, -0.1) is 17.0 Å². The van der Waals surface area contributed by atoms with E-state index in [9.17, 15) is 0 Å². The van der Waals surface area contributed by atoms with Crippen molar-refractivity contribution in [3.8, 4) is 0 Å². The molecule has 0 aromatic carbocycles. The van der Waals surface area contributed by atoms with Crippen LogP contribution in [0.4, 0.5) is 0 Å². The molecular formula is C2H5BrCoMnO2. The molecule has 5 heteroatoms. The van der Waals surface area contributed by atoms with Gasteiger partial charge in [0.25, 0.3) is 5.97 Å². The average molecular weight is 255 g/mol. The number of carboxylic acids is 1. The zero-order valence-electron chi connectivity index (χ0n) is 3.48. The third-order valence-electron chi connectivity index (χ3n) is 0. The molecule has 0 aromatic rings. The van der Waals surface area contributed by atoms with Crippen molar-refractivity contribution in [1.29, 1.82) is 0 Å². The van der Waals surface area contributed by atoms with Gasteiger partial charge >= 0.3 is 0 Å². The molecule has 0 amide bonds. The maximum atomic E-state index is 9.00. The van der Waals surface area contributed by atoms with Crippen LogP contribution in [0.5, 0.6) is 0 Å². The van der Waals surface area contributed by atoms with E-state index in [0.29, 0.717) is 0 Å². The monoisotopic (exact) mass is 254 g/mol. The summed E-state index contributed by atoms with van der Waals surface area (Å²) < 4.78 is 0. The van der Waals surface area contributed by atoms with Gasteiger partial charge in [0.05, 0.1) is 0 Å². The fraction of sp³-hybridized carbons (Fsp3) is 0.500. The van der Waals surface area contributed by atoms with Gasteiger partial charge in [0.2, 0.25) is 0 Å². The van der Waals surface area contributed by atoms with Crippen LogP contribution in [-0.2, 0) is 38.6 Å². The Labute approximate surface area is 73.5 Å². The normalized spacial score (nSPS) is 3.57. The SMILES string of the molecule is Br.CC(=O)O.[Co].[Mn]. The van der Waals surface area contributed by atoms with Gasteiger partial charge in [0.15, 0.2) is 0 Å². The van der Waals surface area contributed by atoms with E-state index in [1.54, 1.807) is 0 Å². The molecule has 7 heavy (non-hydrogen) atoms. The van der Waals surface area contributed by atoms with Crippen molar-refractivity contribution < 1.29 is 43.7 Å². The topological polar surface area (TPSA) is 37.3 Å². The van der Waals surface area contributed by atoms with E-state index in [-0.39, 0.29) is 50.8 Å². The molecule has 0 aliphatic heterocycles. The van der Waals surface area contributed by atoms with E-state index >= 15 is 0 Å². The van der Waals surface area contributed by atoms with Gasteiger partial charge < -0.3 is 5.11 Å². The zero-order valence-corrected chi connectivity index (χ0v) is 7.41. The molecule has 48 valence electrons. The average Bonchev–Trinajstić information content (AvgIpc) is 0.811. The minimum atomic E-state index is -0.833. The van der Waals surface area contributed by atoms with Crippen molar-refractivity contribution in [2.75, 3.05) is 0 Å². The fourth-order valence-electron chi connectivity index (χ4n) is 0. The number of carbonyl (C=O) groups is 1. The van der Waals surface area contributed by atoms with Gasteiger partial charge in [-0.3, -0.25) is 4.79 Å². The zero-order chi connectivity index (χ0) is 3.58. The van der Waals surface area contributed by atoms with E-state index in [4.69, 9.17) is 9.90 Å². The molecule has 0 aliphatic carbocycles. The number of aliphatic carboxylic acids is 1. The van der Waals surface area contributed by atoms with Gasteiger partial charge in [-0.1, -0.05) is 0 Å². The maximum Gasteiger partial charge on any atom is 0.300 e. The Bertz CT molecular complexity index is 38.7. The maximum absolute atomic E-state index is 9.00. The molecule has 0 aliphatic rings. The van der Waals surface area contributed by atoms with Crippen molar-refractivity contribution in [2.45, 2.75) is 6.92 Å². The van der Waals surface area contributed by atoms with Gasteiger partial charge in [-0.2, -0.15) is 0 Å². The van der Waals surface area contributed by atoms with E-state index in [1.165, 1.54) is 0 Å². The van der Waals surface area contributed by atoms with E-state index < -0.39 is 5.97 Å². The summed E-state index contributed by atoms with van der Waals surface area (Å²) in [6, 6.07) is 0. The van der Waals surface area contributed by atoms with E-state index in [2.05, 4.69) is 0 Å². The third-order valence-corrected chi connectivity index (χ3v) is 0. The van der Waals surface area contributed by atoms with Crippen LogP contribution in [0.3, 0.4) is 0 Å². The molecule has 0 atom stereocenters. The Morgan fingerprint density at radius 1 is 1.57 bits per heavy atom. The van der Waals surface area contributed by atoms with Crippen molar-refractivity contribution in [2.24, 2.45) is 0 Å². The number of carboxylic acid groups (broad SMARTS) is 1. The molecule has 0 heterocycles. The molecule has 0 saturated carbocycles. The molecule has 2 nitrogen and oxygen atoms in total. The Balaban J connectivity index is -0.0000000150. The first kappa shape index (κ1) is 24.6. The Kier molecular flexibility index (Phi) is 55.3. The van der Waals surface area contributed by atoms with Crippen molar-refractivity contribution in [3.63, 3.8) is 0 Å². The van der Waals surface area contributed by atoms with Crippen LogP contribution in [-0.4, -0.2) is 11.1 Å². The molecule has 0 rings (SSSR count). The molecule has 0 unspecified atom stereocenters. The first-order chi connectivity index (χ1) is 1.73. The fourth-order valence-corrected chi connectivity index (χ4v) is 0. The number of hydrogen-bond acceptors (Lipinski definition) is 1. The van der Waals surface area contributed by atoms with Crippen LogP contribution >= 0.6 is 17.0 Å². The molecule has 0 aromatic heterocycles. The summed E-state index contributed by atoms with van der Waals surface area (Å²) in [4.78, 5) is 9.00. The number of hydrogen-bond donors (Lipinski definition) is 1. The molecular weight excluding hydrogens is 250 g/mol. The Morgan fingerprint density at radius 3 is 1.57 bits per heavy atom. The van der Waals surface area contributed by atoms with Crippen LogP contribution in [0.25, 0.3) is 0 Å². The summed E-state index contributed by atoms with van der Waals surface area (Å²) in [5.41, 5.74) is 0. The number of halogens is 1. The second-order valence-electron chi connectivity index (χ2n) is 0.519. The smallest absolute Gasteiger partial charge is 0.300 e. The minimum Gasteiger partial charge on any atom is -0.481 e. The molecule has 0 spiro atoms. The molecule has 2 radical (unpaired) electrons. The second-order valence-corrected chi connectivity index (χ2v) is 0.519. The third kappa shape index (κ3) is 181. The summed E-state index contributed by atoms with van der Waals surface area (Å²) in [5.74, 6) is -0.833. The molecule has 0 fully saturated rings. The Hall–Kier alpha value is 0.976. The van der Waals surface area contributed by atoms with Gasteiger partial charge in [0, 0.05) is 40.8 Å². The summed E-state index contributed by atoms with van der Waals surface area (Å²) in [6.45, 7) is 1.08. The van der Waals surface area contributed by atoms with Crippen LogP contribution < -0.4 is 0 Å². The van der Waals surface area contributed by atoms with E-state index in [0.717, 1.165) is 6.92 Å². The predicted molar refractivity (Wildman–Crippen MR) is 23.6 cm³/mol.